The lowest BCUT2D eigenvalue weighted by Gasteiger charge is -2.31. The number of pyridine rings is 1. The Labute approximate surface area is 163 Å². The number of anilines is 1. The first kappa shape index (κ1) is 19.2. The van der Waals surface area contributed by atoms with Crippen LogP contribution in [0.1, 0.15) is 34.3 Å². The summed E-state index contributed by atoms with van der Waals surface area (Å²) in [5.41, 5.74) is 1.96. The van der Waals surface area contributed by atoms with Crippen molar-refractivity contribution in [2.45, 2.75) is 26.7 Å². The first-order valence-corrected chi connectivity index (χ1v) is 9.25. The van der Waals surface area contributed by atoms with Crippen molar-refractivity contribution < 1.29 is 14.7 Å². The van der Waals surface area contributed by atoms with Crippen molar-refractivity contribution in [2.75, 3.05) is 18.4 Å². The molecule has 0 atom stereocenters. The van der Waals surface area contributed by atoms with Gasteiger partial charge in [0.2, 0.25) is 5.91 Å². The van der Waals surface area contributed by atoms with E-state index < -0.39 is 0 Å². The van der Waals surface area contributed by atoms with Crippen molar-refractivity contribution >= 4 is 29.2 Å². The molecule has 2 amide bonds. The van der Waals surface area contributed by atoms with Crippen molar-refractivity contribution in [3.8, 4) is 5.75 Å². The molecule has 0 unspecified atom stereocenters. The van der Waals surface area contributed by atoms with Crippen LogP contribution in [-0.4, -0.2) is 39.9 Å². The summed E-state index contributed by atoms with van der Waals surface area (Å²) in [6.45, 7) is 4.63. The third-order valence-corrected chi connectivity index (χ3v) is 5.29. The Bertz CT molecular complexity index is 860. The lowest BCUT2D eigenvalue weighted by molar-refractivity contribution is -0.121. The van der Waals surface area contributed by atoms with Crippen LogP contribution in [0.5, 0.6) is 5.75 Å². The van der Waals surface area contributed by atoms with E-state index in [0.29, 0.717) is 47.9 Å². The molecule has 2 aromatic rings. The quantitative estimate of drug-likeness (QED) is 0.843. The second-order valence-electron chi connectivity index (χ2n) is 6.82. The second-order valence-corrected chi connectivity index (χ2v) is 7.26. The van der Waals surface area contributed by atoms with Crippen molar-refractivity contribution in [3.05, 3.63) is 52.2 Å². The second kappa shape index (κ2) is 7.96. The molecule has 27 heavy (non-hydrogen) atoms. The van der Waals surface area contributed by atoms with Crippen molar-refractivity contribution in [3.63, 3.8) is 0 Å². The monoisotopic (exact) mass is 387 g/mol. The molecule has 0 aliphatic carbocycles. The highest BCUT2D eigenvalue weighted by Crippen LogP contribution is 2.28. The topological polar surface area (TPSA) is 82.5 Å². The van der Waals surface area contributed by atoms with E-state index in [2.05, 4.69) is 10.3 Å². The zero-order valence-electron chi connectivity index (χ0n) is 15.3. The van der Waals surface area contributed by atoms with Crippen molar-refractivity contribution in [2.24, 2.45) is 5.92 Å². The molecule has 7 heteroatoms. The van der Waals surface area contributed by atoms with Crippen LogP contribution in [0.25, 0.3) is 0 Å². The number of hydrogen-bond donors (Lipinski definition) is 2. The van der Waals surface area contributed by atoms with Gasteiger partial charge < -0.3 is 15.3 Å². The van der Waals surface area contributed by atoms with Gasteiger partial charge in [0.15, 0.2) is 0 Å². The number of likely N-dealkylation sites (tertiary alicyclic amines) is 1. The number of nitrogens with zero attached hydrogens (tertiary/aromatic N) is 2. The summed E-state index contributed by atoms with van der Waals surface area (Å²) < 4.78 is 0. The van der Waals surface area contributed by atoms with Crippen LogP contribution < -0.4 is 5.32 Å². The Morgan fingerprint density at radius 3 is 2.52 bits per heavy atom. The van der Waals surface area contributed by atoms with Crippen LogP contribution in [-0.2, 0) is 4.79 Å². The largest absolute Gasteiger partial charge is 0.507 e. The molecular formula is C20H22ClN3O3. The van der Waals surface area contributed by atoms with Crippen LogP contribution in [0.4, 0.5) is 5.82 Å². The number of phenolic OH excluding ortho intramolecular Hbond substituents is 1. The van der Waals surface area contributed by atoms with E-state index in [-0.39, 0.29) is 23.5 Å². The smallest absolute Gasteiger partial charge is 0.257 e. The minimum absolute atomic E-state index is 0.0358. The van der Waals surface area contributed by atoms with Crippen LogP contribution in [0.2, 0.25) is 5.02 Å². The first-order valence-electron chi connectivity index (χ1n) is 8.87. The van der Waals surface area contributed by atoms with Gasteiger partial charge in [-0.05, 0) is 56.0 Å². The molecule has 0 saturated carbocycles. The highest BCUT2D eigenvalue weighted by atomic mass is 35.5. The molecule has 1 aromatic carbocycles. The molecule has 3 rings (SSSR count). The molecule has 142 valence electrons. The van der Waals surface area contributed by atoms with E-state index in [4.69, 9.17) is 11.6 Å². The molecule has 1 aliphatic heterocycles. The van der Waals surface area contributed by atoms with Gasteiger partial charge in [-0.1, -0.05) is 17.7 Å². The average molecular weight is 388 g/mol. The van der Waals surface area contributed by atoms with Gasteiger partial charge in [-0.3, -0.25) is 9.59 Å². The summed E-state index contributed by atoms with van der Waals surface area (Å²) >= 11 is 5.79. The lowest BCUT2D eigenvalue weighted by atomic mass is 9.95. The lowest BCUT2D eigenvalue weighted by Crippen LogP contribution is -2.41. The Morgan fingerprint density at radius 1 is 1.19 bits per heavy atom. The third-order valence-electron chi connectivity index (χ3n) is 5.06. The van der Waals surface area contributed by atoms with E-state index in [1.807, 2.05) is 13.0 Å². The number of aromatic nitrogens is 1. The molecule has 1 aromatic heterocycles. The first-order chi connectivity index (χ1) is 12.9. The van der Waals surface area contributed by atoms with Crippen molar-refractivity contribution in [1.82, 2.24) is 9.88 Å². The van der Waals surface area contributed by atoms with Gasteiger partial charge in [0.25, 0.3) is 5.91 Å². The van der Waals surface area contributed by atoms with Gasteiger partial charge in [0.05, 0.1) is 10.6 Å². The molecule has 2 heterocycles. The number of nitrogens with one attached hydrogen (secondary N) is 1. The van der Waals surface area contributed by atoms with Crippen LogP contribution >= 0.6 is 11.6 Å². The molecule has 2 N–H and O–H groups in total. The number of benzene rings is 1. The predicted molar refractivity (Wildman–Crippen MR) is 104 cm³/mol. The SMILES string of the molecule is Cc1ccc(C(=O)N2CCC(C(=O)Nc3ccc(Cl)cn3)CC2)c(O)c1C. The van der Waals surface area contributed by atoms with Gasteiger partial charge in [-0.25, -0.2) is 4.98 Å². The minimum atomic E-state index is -0.200. The Balaban J connectivity index is 1.60. The number of aromatic hydroxyl groups is 1. The van der Waals surface area contributed by atoms with Gasteiger partial charge in [-0.2, -0.15) is 0 Å². The number of hydrogen-bond acceptors (Lipinski definition) is 4. The van der Waals surface area contributed by atoms with Gasteiger partial charge >= 0.3 is 0 Å². The highest BCUT2D eigenvalue weighted by molar-refractivity contribution is 6.30. The number of halogens is 1. The molecule has 1 saturated heterocycles. The van der Waals surface area contributed by atoms with E-state index in [1.165, 1.54) is 6.20 Å². The van der Waals surface area contributed by atoms with E-state index in [1.54, 1.807) is 30.0 Å². The predicted octanol–water partition coefficient (Wildman–Crippen LogP) is 3.55. The Hall–Kier alpha value is -2.60. The summed E-state index contributed by atoms with van der Waals surface area (Å²) in [5, 5.41) is 13.6. The highest BCUT2D eigenvalue weighted by Gasteiger charge is 2.29. The standard InChI is InChI=1S/C20H22ClN3O3/c1-12-3-5-16(18(25)13(12)2)20(27)24-9-7-14(8-10-24)19(26)23-17-6-4-15(21)11-22-17/h3-6,11,14,25H,7-10H2,1-2H3,(H,22,23,26). The Kier molecular flexibility index (Phi) is 5.65. The minimum Gasteiger partial charge on any atom is -0.507 e. The summed E-state index contributed by atoms with van der Waals surface area (Å²) in [7, 11) is 0. The molecule has 1 fully saturated rings. The van der Waals surface area contributed by atoms with E-state index in [0.717, 1.165) is 5.56 Å². The summed E-state index contributed by atoms with van der Waals surface area (Å²) in [6, 6.07) is 6.81. The summed E-state index contributed by atoms with van der Waals surface area (Å²) in [4.78, 5) is 30.9. The normalized spacial score (nSPS) is 14.9. The maximum Gasteiger partial charge on any atom is 0.257 e. The molecule has 0 spiro atoms. The zero-order chi connectivity index (χ0) is 19.6. The maximum atomic E-state index is 12.7. The van der Waals surface area contributed by atoms with Crippen LogP contribution in [0.15, 0.2) is 30.5 Å². The van der Waals surface area contributed by atoms with E-state index in [9.17, 15) is 14.7 Å². The van der Waals surface area contributed by atoms with Gasteiger partial charge in [0, 0.05) is 25.2 Å². The fraction of sp³-hybridized carbons (Fsp3) is 0.350. The number of carbonyl (C=O) groups excluding carboxylic acids is 2. The fourth-order valence-corrected chi connectivity index (χ4v) is 3.28. The molecule has 0 bridgehead atoms. The average Bonchev–Trinajstić information content (AvgIpc) is 2.67. The molecule has 6 nitrogen and oxygen atoms in total. The van der Waals surface area contributed by atoms with Gasteiger partial charge in [-0.15, -0.1) is 0 Å². The Morgan fingerprint density at radius 2 is 1.89 bits per heavy atom. The third kappa shape index (κ3) is 4.22. The molecular weight excluding hydrogens is 366 g/mol. The van der Waals surface area contributed by atoms with E-state index >= 15 is 0 Å². The zero-order valence-corrected chi connectivity index (χ0v) is 16.1. The molecule has 0 radical (unpaired) electrons. The summed E-state index contributed by atoms with van der Waals surface area (Å²) in [6.07, 6.45) is 2.61. The fourth-order valence-electron chi connectivity index (χ4n) is 3.17. The van der Waals surface area contributed by atoms with Crippen LogP contribution in [0, 0.1) is 19.8 Å². The number of amides is 2. The number of phenols is 1. The number of rotatable bonds is 3. The van der Waals surface area contributed by atoms with Crippen LogP contribution in [0.3, 0.4) is 0 Å². The number of carbonyl (C=O) groups is 2. The maximum absolute atomic E-state index is 12.7. The number of aryl methyl sites for hydroxylation is 1. The van der Waals surface area contributed by atoms with Crippen molar-refractivity contribution in [1.29, 1.82) is 0 Å². The van der Waals surface area contributed by atoms with Gasteiger partial charge in [0.1, 0.15) is 11.6 Å². The summed E-state index contributed by atoms with van der Waals surface area (Å²) in [5.74, 6) is 0.0105. The number of piperidine rings is 1. The molecule has 1 aliphatic rings.